The molecular weight excluding hydrogens is 296 g/mol. The minimum absolute atomic E-state index is 0.107. The van der Waals surface area contributed by atoms with Crippen molar-refractivity contribution in [3.63, 3.8) is 0 Å². The molecule has 24 heavy (non-hydrogen) atoms. The zero-order chi connectivity index (χ0) is 17.3. The van der Waals surface area contributed by atoms with Crippen molar-refractivity contribution in [3.8, 4) is 0 Å². The van der Waals surface area contributed by atoms with Gasteiger partial charge in [-0.2, -0.15) is 0 Å². The first-order valence-corrected chi connectivity index (χ1v) is 9.72. The number of allylic oxidation sites excluding steroid dienone is 4. The van der Waals surface area contributed by atoms with Crippen LogP contribution >= 0.6 is 0 Å². The SMILES string of the molecule is CC(=O)[C@H]1[C@H](C)C[C@H]2[C@@H]3CCC4=CC(=O)CC[C@]4(C)C3=CC[C@@]21C. The van der Waals surface area contributed by atoms with E-state index in [0.717, 1.165) is 25.7 Å². The second kappa shape index (κ2) is 5.16. The summed E-state index contributed by atoms with van der Waals surface area (Å²) in [4.78, 5) is 24.2. The van der Waals surface area contributed by atoms with Crippen LogP contribution in [0.5, 0.6) is 0 Å². The average Bonchev–Trinajstić information content (AvgIpc) is 2.78. The predicted molar refractivity (Wildman–Crippen MR) is 95.4 cm³/mol. The van der Waals surface area contributed by atoms with Crippen LogP contribution in [0, 0.1) is 34.5 Å². The van der Waals surface area contributed by atoms with E-state index in [1.807, 2.05) is 6.08 Å². The molecule has 0 aromatic carbocycles. The Hall–Kier alpha value is -1.18. The highest BCUT2D eigenvalue weighted by atomic mass is 16.1. The summed E-state index contributed by atoms with van der Waals surface area (Å²) in [6.45, 7) is 8.82. The van der Waals surface area contributed by atoms with E-state index in [9.17, 15) is 9.59 Å². The number of carbonyl (C=O) groups excluding carboxylic acids is 2. The Morgan fingerprint density at radius 3 is 2.71 bits per heavy atom. The molecule has 2 heteroatoms. The first-order valence-electron chi connectivity index (χ1n) is 9.72. The van der Waals surface area contributed by atoms with Crippen LogP contribution in [-0.4, -0.2) is 11.6 Å². The second-order valence-corrected chi connectivity index (χ2v) is 9.39. The maximum absolute atomic E-state index is 12.3. The monoisotopic (exact) mass is 326 g/mol. The zero-order valence-corrected chi connectivity index (χ0v) is 15.5. The van der Waals surface area contributed by atoms with E-state index in [0.29, 0.717) is 35.7 Å². The van der Waals surface area contributed by atoms with Crippen LogP contribution < -0.4 is 0 Å². The summed E-state index contributed by atoms with van der Waals surface area (Å²) in [7, 11) is 0. The molecule has 0 radical (unpaired) electrons. The van der Waals surface area contributed by atoms with Crippen LogP contribution in [0.15, 0.2) is 23.3 Å². The summed E-state index contributed by atoms with van der Waals surface area (Å²) in [5.74, 6) is 2.67. The quantitative estimate of drug-likeness (QED) is 0.643. The summed E-state index contributed by atoms with van der Waals surface area (Å²) in [6.07, 6.45) is 10.6. The van der Waals surface area contributed by atoms with Gasteiger partial charge < -0.3 is 0 Å². The highest BCUT2D eigenvalue weighted by Crippen LogP contribution is 2.65. The molecule has 0 N–H and O–H groups in total. The van der Waals surface area contributed by atoms with Gasteiger partial charge >= 0.3 is 0 Å². The zero-order valence-electron chi connectivity index (χ0n) is 15.5. The number of carbonyl (C=O) groups is 2. The minimum atomic E-state index is 0.107. The van der Waals surface area contributed by atoms with Crippen molar-refractivity contribution in [1.29, 1.82) is 0 Å². The highest BCUT2D eigenvalue weighted by molar-refractivity contribution is 5.92. The van der Waals surface area contributed by atoms with Crippen molar-refractivity contribution < 1.29 is 9.59 Å². The van der Waals surface area contributed by atoms with E-state index in [2.05, 4.69) is 26.8 Å². The Labute approximate surface area is 145 Å². The molecule has 4 aliphatic rings. The lowest BCUT2D eigenvalue weighted by Crippen LogP contribution is -2.45. The maximum atomic E-state index is 12.3. The Morgan fingerprint density at radius 1 is 1.25 bits per heavy atom. The van der Waals surface area contributed by atoms with E-state index in [-0.39, 0.29) is 16.7 Å². The fraction of sp³-hybridized carbons (Fsp3) is 0.727. The van der Waals surface area contributed by atoms with Crippen molar-refractivity contribution in [3.05, 3.63) is 23.3 Å². The van der Waals surface area contributed by atoms with Crippen LogP contribution in [0.25, 0.3) is 0 Å². The third-order valence-corrected chi connectivity index (χ3v) is 8.11. The molecule has 0 spiro atoms. The van der Waals surface area contributed by atoms with Gasteiger partial charge in [0.15, 0.2) is 5.78 Å². The van der Waals surface area contributed by atoms with E-state index in [1.165, 1.54) is 12.0 Å². The van der Waals surface area contributed by atoms with Gasteiger partial charge in [0.2, 0.25) is 0 Å². The average molecular weight is 326 g/mol. The molecule has 0 aliphatic heterocycles. The van der Waals surface area contributed by atoms with Crippen molar-refractivity contribution in [2.45, 2.75) is 66.2 Å². The van der Waals surface area contributed by atoms with Gasteiger partial charge in [-0.15, -0.1) is 0 Å². The number of hydrogen-bond donors (Lipinski definition) is 0. The fourth-order valence-corrected chi connectivity index (χ4v) is 7.09. The van der Waals surface area contributed by atoms with Gasteiger partial charge in [-0.3, -0.25) is 9.59 Å². The molecule has 2 fully saturated rings. The largest absolute Gasteiger partial charge is 0.300 e. The molecule has 0 saturated heterocycles. The van der Waals surface area contributed by atoms with Gasteiger partial charge in [0.1, 0.15) is 5.78 Å². The number of Topliss-reactive ketones (excluding diaryl/α,β-unsaturated/α-hetero) is 1. The second-order valence-electron chi connectivity index (χ2n) is 9.39. The van der Waals surface area contributed by atoms with Gasteiger partial charge in [-0.05, 0) is 68.3 Å². The summed E-state index contributed by atoms with van der Waals surface area (Å²) in [5, 5.41) is 0. The number of hydrogen-bond acceptors (Lipinski definition) is 2. The lowest BCUT2D eigenvalue weighted by molar-refractivity contribution is -0.126. The molecule has 130 valence electrons. The van der Waals surface area contributed by atoms with Crippen LogP contribution in [0.2, 0.25) is 0 Å². The normalized spacial score (nSPS) is 47.2. The molecule has 0 heterocycles. The summed E-state index contributed by atoms with van der Waals surface area (Å²) in [6, 6.07) is 0. The molecule has 4 aliphatic carbocycles. The Kier molecular flexibility index (Phi) is 3.50. The van der Waals surface area contributed by atoms with Crippen LogP contribution in [0.3, 0.4) is 0 Å². The van der Waals surface area contributed by atoms with Gasteiger partial charge in [0.05, 0.1) is 0 Å². The Bertz CT molecular complexity index is 669. The third kappa shape index (κ3) is 2.01. The van der Waals surface area contributed by atoms with Crippen molar-refractivity contribution in [2.24, 2.45) is 34.5 Å². The van der Waals surface area contributed by atoms with E-state index < -0.39 is 0 Å². The van der Waals surface area contributed by atoms with Crippen molar-refractivity contribution >= 4 is 11.6 Å². The Balaban J connectivity index is 1.76. The van der Waals surface area contributed by atoms with Crippen molar-refractivity contribution in [1.82, 2.24) is 0 Å². The van der Waals surface area contributed by atoms with Gasteiger partial charge in [-0.25, -0.2) is 0 Å². The summed E-state index contributed by atoms with van der Waals surface area (Å²) < 4.78 is 0. The van der Waals surface area contributed by atoms with E-state index >= 15 is 0 Å². The van der Waals surface area contributed by atoms with Gasteiger partial charge in [-0.1, -0.05) is 38.0 Å². The molecule has 0 amide bonds. The topological polar surface area (TPSA) is 34.1 Å². The summed E-state index contributed by atoms with van der Waals surface area (Å²) >= 11 is 0. The van der Waals surface area contributed by atoms with Crippen LogP contribution in [-0.2, 0) is 9.59 Å². The molecule has 0 aromatic rings. The highest BCUT2D eigenvalue weighted by Gasteiger charge is 2.58. The van der Waals surface area contributed by atoms with Crippen LogP contribution in [0.1, 0.15) is 66.2 Å². The molecule has 0 bridgehead atoms. The van der Waals surface area contributed by atoms with Crippen molar-refractivity contribution in [2.75, 3.05) is 0 Å². The number of rotatable bonds is 1. The number of ketones is 2. The maximum Gasteiger partial charge on any atom is 0.155 e. The molecule has 2 saturated carbocycles. The molecular formula is C22H30O2. The molecule has 2 nitrogen and oxygen atoms in total. The molecule has 0 aromatic heterocycles. The third-order valence-electron chi connectivity index (χ3n) is 8.11. The molecule has 6 atom stereocenters. The van der Waals surface area contributed by atoms with E-state index in [4.69, 9.17) is 0 Å². The first kappa shape index (κ1) is 16.3. The molecule has 4 rings (SSSR count). The smallest absolute Gasteiger partial charge is 0.155 e. The lowest BCUT2D eigenvalue weighted by atomic mass is 9.51. The first-order chi connectivity index (χ1) is 11.3. The summed E-state index contributed by atoms with van der Waals surface area (Å²) in [5.41, 5.74) is 3.22. The lowest BCUT2D eigenvalue weighted by Gasteiger charge is -2.53. The van der Waals surface area contributed by atoms with Crippen LogP contribution in [0.4, 0.5) is 0 Å². The predicted octanol–water partition coefficient (Wildman–Crippen LogP) is 4.89. The minimum Gasteiger partial charge on any atom is -0.300 e. The van der Waals surface area contributed by atoms with Gasteiger partial charge in [0, 0.05) is 17.8 Å². The Morgan fingerprint density at radius 2 is 2.00 bits per heavy atom. The molecule has 0 unspecified atom stereocenters. The van der Waals surface area contributed by atoms with E-state index in [1.54, 1.807) is 12.5 Å². The number of fused-ring (bicyclic) bond motifs is 5. The fourth-order valence-electron chi connectivity index (χ4n) is 7.09. The van der Waals surface area contributed by atoms with Gasteiger partial charge in [0.25, 0.3) is 0 Å². The standard InChI is InChI=1S/C22H30O2/c1-13-11-19-17-6-5-15-12-16(24)7-9-21(15,3)18(17)8-10-22(19,4)20(13)14(2)23/h8,12-13,17,19-20H,5-7,9-11H2,1-4H3/t13-,17-,19+,20-,21+,22+/m1/s1.